The quantitative estimate of drug-likeness (QED) is 0.778. The lowest BCUT2D eigenvalue weighted by Crippen LogP contribution is -1.82. The lowest BCUT2D eigenvalue weighted by molar-refractivity contribution is 0.482. The van der Waals surface area contributed by atoms with Gasteiger partial charge < -0.3 is 4.74 Å². The zero-order chi connectivity index (χ0) is 14.2. The number of hydrogen-bond donors (Lipinski definition) is 0. The van der Waals surface area contributed by atoms with E-state index in [0.717, 1.165) is 4.47 Å². The van der Waals surface area contributed by atoms with Gasteiger partial charge in [0.1, 0.15) is 11.5 Å². The van der Waals surface area contributed by atoms with Gasteiger partial charge in [-0.3, -0.25) is 0 Å². The van der Waals surface area contributed by atoms with Gasteiger partial charge in [0, 0.05) is 4.47 Å². The fourth-order valence-electron chi connectivity index (χ4n) is 0.910. The zero-order valence-electron chi connectivity index (χ0n) is 12.1. The molecule has 0 aromatic heterocycles. The van der Waals surface area contributed by atoms with E-state index in [9.17, 15) is 0 Å². The minimum Gasteiger partial charge on any atom is -0.457 e. The Morgan fingerprint density at radius 3 is 2.21 bits per heavy atom. The molecule has 2 aromatic rings. The maximum absolute atomic E-state index is 7.72. The number of ether oxygens (including phenoxy) is 1. The minimum atomic E-state index is -0.432. The van der Waals surface area contributed by atoms with Crippen LogP contribution in [0.3, 0.4) is 0 Å². The van der Waals surface area contributed by atoms with E-state index >= 15 is 0 Å². The molecule has 0 aliphatic carbocycles. The Kier molecular flexibility index (Phi) is 1.53. The van der Waals surface area contributed by atoms with Crippen molar-refractivity contribution in [3.05, 3.63) is 59.0 Å². The second kappa shape index (κ2) is 4.29. The van der Waals surface area contributed by atoms with Crippen LogP contribution in [-0.2, 0) is 0 Å². The van der Waals surface area contributed by atoms with Gasteiger partial charge in [-0.25, -0.2) is 0 Å². The van der Waals surface area contributed by atoms with E-state index in [1.165, 1.54) is 0 Å². The third-order valence-corrected chi connectivity index (χ3v) is 2.04. The summed E-state index contributed by atoms with van der Waals surface area (Å²) >= 11 is 3.28. The normalized spacial score (nSPS) is 14.8. The van der Waals surface area contributed by atoms with E-state index in [1.807, 2.05) is 0 Å². The Balaban J connectivity index is 2.48. The SMILES string of the molecule is [2H]c1c([2H])c([2H])c(Oc2ccc(Br)cc2)c([2H])c1[2H]. The van der Waals surface area contributed by atoms with Crippen molar-refractivity contribution in [1.82, 2.24) is 0 Å². The van der Waals surface area contributed by atoms with Gasteiger partial charge >= 0.3 is 0 Å². The van der Waals surface area contributed by atoms with Gasteiger partial charge in [0.05, 0.1) is 6.85 Å². The van der Waals surface area contributed by atoms with Crippen LogP contribution in [-0.4, -0.2) is 0 Å². The van der Waals surface area contributed by atoms with E-state index in [2.05, 4.69) is 15.9 Å². The summed E-state index contributed by atoms with van der Waals surface area (Å²) in [5.41, 5.74) is 0. The van der Waals surface area contributed by atoms with Crippen LogP contribution in [0.15, 0.2) is 59.0 Å². The van der Waals surface area contributed by atoms with Crippen LogP contribution < -0.4 is 4.74 Å². The molecule has 0 bridgehead atoms. The third-order valence-electron chi connectivity index (χ3n) is 1.51. The average Bonchev–Trinajstić information content (AvgIpc) is 2.41. The Hall–Kier alpha value is -1.28. The number of para-hydroxylation sites is 1. The van der Waals surface area contributed by atoms with Crippen molar-refractivity contribution in [2.75, 3.05) is 0 Å². The van der Waals surface area contributed by atoms with Crippen molar-refractivity contribution >= 4 is 15.9 Å². The molecule has 2 heteroatoms. The van der Waals surface area contributed by atoms with Gasteiger partial charge in [-0.15, -0.1) is 0 Å². The molecule has 0 atom stereocenters. The molecule has 0 aliphatic heterocycles. The van der Waals surface area contributed by atoms with Crippen LogP contribution in [0.5, 0.6) is 11.5 Å². The Labute approximate surface area is 98.5 Å². The number of halogens is 1. The number of hydrogen-bond acceptors (Lipinski definition) is 1. The molecule has 70 valence electrons. The van der Waals surface area contributed by atoms with Crippen LogP contribution in [0.2, 0.25) is 0 Å². The molecule has 0 saturated carbocycles. The Morgan fingerprint density at radius 2 is 1.57 bits per heavy atom. The summed E-state index contributed by atoms with van der Waals surface area (Å²) in [5, 5.41) is 0. The first-order valence-corrected chi connectivity index (χ1v) is 4.71. The minimum absolute atomic E-state index is 0.173. The summed E-state index contributed by atoms with van der Waals surface area (Å²) in [6.07, 6.45) is 0. The molecule has 0 fully saturated rings. The van der Waals surface area contributed by atoms with E-state index in [-0.39, 0.29) is 17.8 Å². The van der Waals surface area contributed by atoms with Gasteiger partial charge in [-0.2, -0.15) is 0 Å². The molecule has 14 heavy (non-hydrogen) atoms. The Bertz CT molecular complexity index is 598. The van der Waals surface area contributed by atoms with E-state index in [0.29, 0.717) is 5.75 Å². The molecule has 0 N–H and O–H groups in total. The molecule has 0 amide bonds. The summed E-state index contributed by atoms with van der Waals surface area (Å²) in [5.74, 6) is 0.232. The van der Waals surface area contributed by atoms with Crippen molar-refractivity contribution in [2.24, 2.45) is 0 Å². The molecule has 0 aliphatic rings. The van der Waals surface area contributed by atoms with Crippen LogP contribution >= 0.6 is 15.9 Å². The lowest BCUT2D eigenvalue weighted by Gasteiger charge is -2.04. The highest BCUT2D eigenvalue weighted by atomic mass is 79.9. The number of rotatable bonds is 2. The number of benzene rings is 2. The molecule has 1 nitrogen and oxygen atoms in total. The van der Waals surface area contributed by atoms with E-state index < -0.39 is 18.1 Å². The van der Waals surface area contributed by atoms with Crippen LogP contribution in [0.25, 0.3) is 0 Å². The molecule has 0 saturated heterocycles. The van der Waals surface area contributed by atoms with Gasteiger partial charge in [0.15, 0.2) is 0 Å². The predicted octanol–water partition coefficient (Wildman–Crippen LogP) is 4.24. The van der Waals surface area contributed by atoms with E-state index in [1.54, 1.807) is 24.3 Å². The molecule has 2 aromatic carbocycles. The monoisotopic (exact) mass is 253 g/mol. The lowest BCUT2D eigenvalue weighted by atomic mass is 10.3. The maximum Gasteiger partial charge on any atom is 0.127 e. The topological polar surface area (TPSA) is 9.23 Å². The van der Waals surface area contributed by atoms with Gasteiger partial charge in [0.25, 0.3) is 0 Å². The fraction of sp³-hybridized carbons (Fsp3) is 0. The molecule has 2 rings (SSSR count). The molecular weight excluding hydrogens is 240 g/mol. The molecular formula is C12H9BrO. The van der Waals surface area contributed by atoms with Crippen LogP contribution in [0, 0.1) is 0 Å². The summed E-state index contributed by atoms with van der Waals surface area (Å²) in [6, 6.07) is 4.81. The summed E-state index contributed by atoms with van der Waals surface area (Å²) in [7, 11) is 0. The highest BCUT2D eigenvalue weighted by Crippen LogP contribution is 2.22. The first-order valence-electron chi connectivity index (χ1n) is 6.42. The maximum atomic E-state index is 7.72. The second-order valence-electron chi connectivity index (χ2n) is 2.51. The fourth-order valence-corrected chi connectivity index (χ4v) is 1.17. The van der Waals surface area contributed by atoms with Gasteiger partial charge in [-0.1, -0.05) is 34.1 Å². The summed E-state index contributed by atoms with van der Waals surface area (Å²) in [4.78, 5) is 0. The van der Waals surface area contributed by atoms with E-state index in [4.69, 9.17) is 11.6 Å². The second-order valence-corrected chi connectivity index (χ2v) is 3.43. The zero-order valence-corrected chi connectivity index (χ0v) is 8.68. The van der Waals surface area contributed by atoms with Crippen LogP contribution in [0.4, 0.5) is 0 Å². The highest BCUT2D eigenvalue weighted by Gasteiger charge is 1.94. The molecule has 0 radical (unpaired) electrons. The molecule has 0 heterocycles. The standard InChI is InChI=1S/C12H9BrO/c13-10-6-8-12(9-7-10)14-11-4-2-1-3-5-11/h1-9H/i1D,2D,3D,4D,5D. The van der Waals surface area contributed by atoms with Gasteiger partial charge in [-0.05, 0) is 36.4 Å². The van der Waals surface area contributed by atoms with Crippen molar-refractivity contribution in [3.63, 3.8) is 0 Å². The van der Waals surface area contributed by atoms with Crippen LogP contribution in [0.1, 0.15) is 6.85 Å². The summed E-state index contributed by atoms with van der Waals surface area (Å²) in [6.45, 7) is 0. The first-order chi connectivity index (χ1) is 8.91. The van der Waals surface area contributed by atoms with Crippen molar-refractivity contribution in [2.45, 2.75) is 0 Å². The average molecular weight is 254 g/mol. The highest BCUT2D eigenvalue weighted by molar-refractivity contribution is 9.10. The van der Waals surface area contributed by atoms with Crippen molar-refractivity contribution in [1.29, 1.82) is 0 Å². The molecule has 0 spiro atoms. The third kappa shape index (κ3) is 2.36. The smallest absolute Gasteiger partial charge is 0.127 e. The first kappa shape index (κ1) is 4.99. The molecule has 0 unspecified atom stereocenters. The Morgan fingerprint density at radius 1 is 0.929 bits per heavy atom. The predicted molar refractivity (Wildman–Crippen MR) is 60.7 cm³/mol. The summed E-state index contributed by atoms with van der Waals surface area (Å²) < 4.78 is 44.3. The van der Waals surface area contributed by atoms with Gasteiger partial charge in [0.2, 0.25) is 0 Å². The van der Waals surface area contributed by atoms with Crippen molar-refractivity contribution < 1.29 is 11.6 Å². The largest absolute Gasteiger partial charge is 0.457 e. The van der Waals surface area contributed by atoms with Crippen molar-refractivity contribution in [3.8, 4) is 11.5 Å².